The van der Waals surface area contributed by atoms with Gasteiger partial charge >= 0.3 is 0 Å². The number of fused-ring (bicyclic) bond motifs is 1. The van der Waals surface area contributed by atoms with Crippen LogP contribution in [-0.2, 0) is 21.4 Å². The number of hydrogen-bond donors (Lipinski definition) is 2. The first kappa shape index (κ1) is 25.5. The van der Waals surface area contributed by atoms with Crippen molar-refractivity contribution >= 4 is 26.7 Å². The van der Waals surface area contributed by atoms with Gasteiger partial charge in [-0.1, -0.05) is 39.0 Å². The molecule has 3 rings (SSSR count). The van der Waals surface area contributed by atoms with Gasteiger partial charge in [-0.2, -0.15) is 0 Å². The predicted molar refractivity (Wildman–Crippen MR) is 134 cm³/mol. The van der Waals surface area contributed by atoms with Gasteiger partial charge in [-0.15, -0.1) is 0 Å². The molecule has 1 aliphatic rings. The van der Waals surface area contributed by atoms with Crippen molar-refractivity contribution in [1.29, 1.82) is 0 Å². The van der Waals surface area contributed by atoms with Crippen molar-refractivity contribution in [1.82, 2.24) is 10.0 Å². The monoisotopic (exact) mass is 474 g/mol. The highest BCUT2D eigenvalue weighted by atomic mass is 32.2. The molecule has 1 saturated carbocycles. The van der Waals surface area contributed by atoms with Gasteiger partial charge in [-0.25, -0.2) is 8.42 Å². The summed E-state index contributed by atoms with van der Waals surface area (Å²) in [6.07, 6.45) is 5.11. The molecule has 1 amide bonds. The lowest BCUT2D eigenvalue weighted by atomic mass is 9.72. The molecule has 0 aromatic heterocycles. The molecule has 6 nitrogen and oxygen atoms in total. The Kier molecular flexibility index (Phi) is 8.40. The van der Waals surface area contributed by atoms with E-state index in [9.17, 15) is 13.2 Å². The molecule has 0 aliphatic heterocycles. The molecular weight excluding hydrogens is 436 g/mol. The molecule has 1 fully saturated rings. The molecular formula is C26H38N2O4S. The van der Waals surface area contributed by atoms with E-state index in [0.29, 0.717) is 24.6 Å². The molecule has 0 radical (unpaired) electrons. The second-order valence-electron chi connectivity index (χ2n) is 10.2. The molecule has 33 heavy (non-hydrogen) atoms. The van der Waals surface area contributed by atoms with Gasteiger partial charge in [-0.05, 0) is 78.5 Å². The van der Waals surface area contributed by atoms with Crippen LogP contribution in [0.1, 0.15) is 65.4 Å². The van der Waals surface area contributed by atoms with Crippen LogP contribution in [0.15, 0.2) is 36.4 Å². The minimum Gasteiger partial charge on any atom is -0.490 e. The van der Waals surface area contributed by atoms with E-state index >= 15 is 0 Å². The van der Waals surface area contributed by atoms with Crippen LogP contribution in [0.2, 0.25) is 0 Å². The fraction of sp³-hybridized carbons (Fsp3) is 0.577. The lowest BCUT2D eigenvalue weighted by Gasteiger charge is -2.37. The van der Waals surface area contributed by atoms with Crippen LogP contribution >= 0.6 is 0 Å². The lowest BCUT2D eigenvalue weighted by molar-refractivity contribution is -0.119. The van der Waals surface area contributed by atoms with E-state index in [-0.39, 0.29) is 12.2 Å². The molecule has 2 N–H and O–H groups in total. The van der Waals surface area contributed by atoms with Crippen LogP contribution in [0.3, 0.4) is 0 Å². The number of nitrogens with one attached hydrogen (secondary N) is 2. The number of carbonyl (C=O) groups is 1. The van der Waals surface area contributed by atoms with Crippen molar-refractivity contribution in [3.63, 3.8) is 0 Å². The molecule has 182 valence electrons. The molecule has 1 aliphatic carbocycles. The lowest BCUT2D eigenvalue weighted by Crippen LogP contribution is -2.33. The average Bonchev–Trinajstić information content (AvgIpc) is 2.76. The highest BCUT2D eigenvalue weighted by Gasteiger charge is 2.30. The molecule has 2 aromatic carbocycles. The summed E-state index contributed by atoms with van der Waals surface area (Å²) in [5, 5.41) is 5.49. The minimum absolute atomic E-state index is 0.103. The standard InChI is InChI=1S/C26H38N2O4S/c1-5-33(30,31)28-25(29)14-15-27-18-19-6-7-21-17-24(11-8-20(21)16-19)32-23-12-9-22(10-13-23)26(2,3)4/h6-8,11,16-17,22-23,27H,5,9-10,12-15,18H2,1-4H3,(H,28,29). The summed E-state index contributed by atoms with van der Waals surface area (Å²) >= 11 is 0. The fourth-order valence-electron chi connectivity index (χ4n) is 4.43. The van der Waals surface area contributed by atoms with Crippen LogP contribution < -0.4 is 14.8 Å². The zero-order valence-corrected chi connectivity index (χ0v) is 21.1. The highest BCUT2D eigenvalue weighted by Crippen LogP contribution is 2.39. The highest BCUT2D eigenvalue weighted by molar-refractivity contribution is 7.90. The van der Waals surface area contributed by atoms with Gasteiger partial charge in [-0.3, -0.25) is 9.52 Å². The minimum atomic E-state index is -3.49. The normalized spacial score (nSPS) is 19.4. The summed E-state index contributed by atoms with van der Waals surface area (Å²) in [4.78, 5) is 11.7. The summed E-state index contributed by atoms with van der Waals surface area (Å²) in [6.45, 7) is 9.53. The number of sulfonamides is 1. The van der Waals surface area contributed by atoms with Gasteiger partial charge in [0.1, 0.15) is 5.75 Å². The Bertz CT molecular complexity index is 1050. The third-order valence-corrected chi connectivity index (χ3v) is 7.88. The zero-order valence-electron chi connectivity index (χ0n) is 20.3. The maximum Gasteiger partial charge on any atom is 0.234 e. The Morgan fingerprint density at radius 1 is 1.03 bits per heavy atom. The van der Waals surface area contributed by atoms with E-state index in [1.165, 1.54) is 19.8 Å². The van der Waals surface area contributed by atoms with Gasteiger partial charge < -0.3 is 10.1 Å². The molecule has 0 atom stereocenters. The largest absolute Gasteiger partial charge is 0.490 e. The van der Waals surface area contributed by atoms with Crippen LogP contribution in [0.4, 0.5) is 0 Å². The van der Waals surface area contributed by atoms with Gasteiger partial charge in [0.25, 0.3) is 0 Å². The molecule has 0 saturated heterocycles. The van der Waals surface area contributed by atoms with Crippen LogP contribution in [-0.4, -0.2) is 32.7 Å². The molecule has 0 spiro atoms. The molecule has 0 unspecified atom stereocenters. The quantitative estimate of drug-likeness (QED) is 0.512. The Hall–Kier alpha value is -2.12. The fourth-order valence-corrected chi connectivity index (χ4v) is 5.02. The van der Waals surface area contributed by atoms with Gasteiger partial charge in [0.2, 0.25) is 15.9 Å². The van der Waals surface area contributed by atoms with Crippen molar-refractivity contribution in [2.45, 2.75) is 72.4 Å². The van der Waals surface area contributed by atoms with Crippen molar-refractivity contribution in [2.75, 3.05) is 12.3 Å². The first-order chi connectivity index (χ1) is 15.6. The maximum absolute atomic E-state index is 11.7. The van der Waals surface area contributed by atoms with Crippen LogP contribution in [0, 0.1) is 11.3 Å². The van der Waals surface area contributed by atoms with E-state index < -0.39 is 15.9 Å². The second-order valence-corrected chi connectivity index (χ2v) is 12.2. The SMILES string of the molecule is CCS(=O)(=O)NC(=O)CCNCc1ccc2cc(OC3CCC(C(C)(C)C)CC3)ccc2c1. The molecule has 0 bridgehead atoms. The van der Waals surface area contributed by atoms with E-state index in [2.05, 4.69) is 61.1 Å². The number of hydrogen-bond acceptors (Lipinski definition) is 5. The topological polar surface area (TPSA) is 84.5 Å². The first-order valence-electron chi connectivity index (χ1n) is 12.0. The van der Waals surface area contributed by atoms with Crippen LogP contribution in [0.5, 0.6) is 5.75 Å². The Morgan fingerprint density at radius 3 is 2.36 bits per heavy atom. The predicted octanol–water partition coefficient (Wildman–Crippen LogP) is 4.77. The number of carbonyl (C=O) groups excluding carboxylic acids is 1. The van der Waals surface area contributed by atoms with Gasteiger partial charge in [0.15, 0.2) is 0 Å². The smallest absolute Gasteiger partial charge is 0.234 e. The van der Waals surface area contributed by atoms with E-state index in [4.69, 9.17) is 4.74 Å². The number of rotatable bonds is 9. The third-order valence-electron chi connectivity index (χ3n) is 6.59. The van der Waals surface area contributed by atoms with E-state index in [1.54, 1.807) is 0 Å². The van der Waals surface area contributed by atoms with Gasteiger partial charge in [0.05, 0.1) is 11.9 Å². The van der Waals surface area contributed by atoms with Crippen molar-refractivity contribution < 1.29 is 17.9 Å². The molecule has 2 aromatic rings. The summed E-state index contributed by atoms with van der Waals surface area (Å²) in [7, 11) is -3.49. The second kappa shape index (κ2) is 10.9. The van der Waals surface area contributed by atoms with Crippen molar-refractivity contribution in [3.05, 3.63) is 42.0 Å². The Labute approximate surface area is 198 Å². The Balaban J connectivity index is 1.48. The summed E-state index contributed by atoms with van der Waals surface area (Å²) in [5.74, 6) is 1.12. The average molecular weight is 475 g/mol. The van der Waals surface area contributed by atoms with Crippen molar-refractivity contribution in [3.8, 4) is 5.75 Å². The molecule has 0 heterocycles. The maximum atomic E-state index is 11.7. The summed E-state index contributed by atoms with van der Waals surface area (Å²) in [6, 6.07) is 12.5. The molecule has 7 heteroatoms. The summed E-state index contributed by atoms with van der Waals surface area (Å²) in [5.41, 5.74) is 1.49. The number of ether oxygens (including phenoxy) is 1. The third kappa shape index (κ3) is 7.71. The van der Waals surface area contributed by atoms with Crippen LogP contribution in [0.25, 0.3) is 10.8 Å². The summed E-state index contributed by atoms with van der Waals surface area (Å²) < 4.78 is 31.2. The Morgan fingerprint density at radius 2 is 1.70 bits per heavy atom. The van der Waals surface area contributed by atoms with E-state index in [1.807, 2.05) is 6.07 Å². The van der Waals surface area contributed by atoms with Crippen molar-refractivity contribution in [2.24, 2.45) is 11.3 Å². The first-order valence-corrected chi connectivity index (χ1v) is 13.6. The van der Waals surface area contributed by atoms with E-state index in [0.717, 1.165) is 40.8 Å². The number of amides is 1. The zero-order chi connectivity index (χ0) is 24.1. The number of benzene rings is 2. The van der Waals surface area contributed by atoms with Gasteiger partial charge in [0, 0.05) is 19.5 Å².